The van der Waals surface area contributed by atoms with Gasteiger partial charge in [-0.25, -0.2) is 13.3 Å². The van der Waals surface area contributed by atoms with E-state index < -0.39 is 9.92 Å². The van der Waals surface area contributed by atoms with Gasteiger partial charge in [-0.15, -0.1) is 0 Å². The van der Waals surface area contributed by atoms with Gasteiger partial charge in [0.25, 0.3) is 0 Å². The second-order valence-corrected chi connectivity index (χ2v) is 5.16. The molecule has 4 nitrogen and oxygen atoms in total. The van der Waals surface area contributed by atoms with Crippen LogP contribution in [0.15, 0.2) is 29.2 Å². The van der Waals surface area contributed by atoms with Crippen LogP contribution < -0.4 is 5.73 Å². The average molecular weight is 199 g/mol. The van der Waals surface area contributed by atoms with Crippen LogP contribution in [0.5, 0.6) is 0 Å². The fraction of sp³-hybridized carbons (Fsp3) is 0.250. The van der Waals surface area contributed by atoms with Crippen molar-refractivity contribution in [3.63, 3.8) is 0 Å². The summed E-state index contributed by atoms with van der Waals surface area (Å²) in [6, 6.07) is 6.52. The highest BCUT2D eigenvalue weighted by Crippen LogP contribution is 2.15. The minimum atomic E-state index is -2.82. The third kappa shape index (κ3) is 1.99. The summed E-state index contributed by atoms with van der Waals surface area (Å²) in [6.45, 7) is 0. The smallest absolute Gasteiger partial charge is 0.136 e. The SMILES string of the molecule is CN(C)S(=N)(=O)c1ccc(N)cc1. The van der Waals surface area contributed by atoms with E-state index in [2.05, 4.69) is 0 Å². The Labute approximate surface area is 78.5 Å². The lowest BCUT2D eigenvalue weighted by molar-refractivity contribution is 0.589. The molecule has 0 aliphatic rings. The second-order valence-electron chi connectivity index (χ2n) is 2.91. The Morgan fingerprint density at radius 3 is 2.15 bits per heavy atom. The Bertz CT molecular complexity index is 380. The minimum Gasteiger partial charge on any atom is -0.399 e. The van der Waals surface area contributed by atoms with E-state index in [1.165, 1.54) is 4.31 Å². The maximum atomic E-state index is 11.8. The van der Waals surface area contributed by atoms with Gasteiger partial charge in [0, 0.05) is 19.8 Å². The van der Waals surface area contributed by atoms with E-state index in [-0.39, 0.29) is 0 Å². The zero-order chi connectivity index (χ0) is 10.1. The second kappa shape index (κ2) is 3.35. The van der Waals surface area contributed by atoms with Gasteiger partial charge in [-0.05, 0) is 24.3 Å². The predicted molar refractivity (Wildman–Crippen MR) is 53.7 cm³/mol. The monoisotopic (exact) mass is 199 g/mol. The molecule has 0 fully saturated rings. The highest BCUT2D eigenvalue weighted by Gasteiger charge is 2.11. The van der Waals surface area contributed by atoms with Crippen LogP contribution in [0.3, 0.4) is 0 Å². The molecule has 1 rings (SSSR count). The van der Waals surface area contributed by atoms with Crippen molar-refractivity contribution < 1.29 is 4.21 Å². The summed E-state index contributed by atoms with van der Waals surface area (Å²) in [7, 11) is 0.418. The Hall–Kier alpha value is -1.07. The zero-order valence-electron chi connectivity index (χ0n) is 7.65. The molecule has 1 aromatic carbocycles. The number of rotatable bonds is 2. The third-order valence-corrected chi connectivity index (χ3v) is 3.65. The lowest BCUT2D eigenvalue weighted by Gasteiger charge is -2.14. The lowest BCUT2D eigenvalue weighted by Crippen LogP contribution is -2.20. The number of hydrogen-bond donors (Lipinski definition) is 2. The van der Waals surface area contributed by atoms with E-state index >= 15 is 0 Å². The van der Waals surface area contributed by atoms with Crippen LogP contribution in [0.25, 0.3) is 0 Å². The van der Waals surface area contributed by atoms with Crippen molar-refractivity contribution >= 4 is 15.6 Å². The fourth-order valence-electron chi connectivity index (χ4n) is 0.863. The summed E-state index contributed by atoms with van der Waals surface area (Å²) in [5, 5.41) is 0. The van der Waals surface area contributed by atoms with Crippen molar-refractivity contribution in [1.82, 2.24) is 4.31 Å². The maximum Gasteiger partial charge on any atom is 0.136 e. The van der Waals surface area contributed by atoms with Crippen molar-refractivity contribution in [2.75, 3.05) is 19.8 Å². The lowest BCUT2D eigenvalue weighted by atomic mass is 10.3. The normalized spacial score (nSPS) is 15.6. The molecular weight excluding hydrogens is 186 g/mol. The number of nitrogens with one attached hydrogen (secondary N) is 1. The topological polar surface area (TPSA) is 70.2 Å². The van der Waals surface area contributed by atoms with Crippen LogP contribution in [0.1, 0.15) is 0 Å². The molecule has 5 heteroatoms. The van der Waals surface area contributed by atoms with Gasteiger partial charge in [0.2, 0.25) is 0 Å². The zero-order valence-corrected chi connectivity index (χ0v) is 8.47. The number of hydrogen-bond acceptors (Lipinski definition) is 3. The molecule has 13 heavy (non-hydrogen) atoms. The van der Waals surface area contributed by atoms with Crippen molar-refractivity contribution in [3.8, 4) is 0 Å². The Morgan fingerprint density at radius 2 is 1.77 bits per heavy atom. The molecule has 0 aliphatic carbocycles. The molecule has 0 aliphatic heterocycles. The summed E-state index contributed by atoms with van der Waals surface area (Å²) < 4.78 is 20.7. The van der Waals surface area contributed by atoms with Crippen molar-refractivity contribution in [3.05, 3.63) is 24.3 Å². The first-order valence-corrected chi connectivity index (χ1v) is 5.28. The van der Waals surface area contributed by atoms with Gasteiger partial charge in [-0.2, -0.15) is 0 Å². The van der Waals surface area contributed by atoms with E-state index in [4.69, 9.17) is 10.5 Å². The van der Waals surface area contributed by atoms with Gasteiger partial charge in [-0.1, -0.05) is 0 Å². The summed E-state index contributed by atoms with van der Waals surface area (Å²) in [5.74, 6) is 0. The molecular formula is C8H13N3OS. The van der Waals surface area contributed by atoms with Gasteiger partial charge in [-0.3, -0.25) is 0 Å². The molecule has 0 saturated heterocycles. The van der Waals surface area contributed by atoms with Crippen LogP contribution in [0.4, 0.5) is 5.69 Å². The van der Waals surface area contributed by atoms with Crippen LogP contribution in [0.2, 0.25) is 0 Å². The summed E-state index contributed by atoms with van der Waals surface area (Å²) >= 11 is 0. The first kappa shape index (κ1) is 10.0. The molecule has 1 unspecified atom stereocenters. The van der Waals surface area contributed by atoms with Crippen LogP contribution in [0, 0.1) is 4.78 Å². The maximum absolute atomic E-state index is 11.8. The van der Waals surface area contributed by atoms with E-state index in [0.29, 0.717) is 10.6 Å². The van der Waals surface area contributed by atoms with Gasteiger partial charge >= 0.3 is 0 Å². The molecule has 0 aromatic heterocycles. The summed E-state index contributed by atoms with van der Waals surface area (Å²) in [6.07, 6.45) is 0. The minimum absolute atomic E-state index is 0.478. The highest BCUT2D eigenvalue weighted by molar-refractivity contribution is 7.90. The number of anilines is 1. The molecule has 0 heterocycles. The van der Waals surface area contributed by atoms with E-state index in [9.17, 15) is 4.21 Å². The molecule has 0 amide bonds. The summed E-state index contributed by atoms with van der Waals surface area (Å²) in [4.78, 5) is 0.478. The molecule has 3 N–H and O–H groups in total. The van der Waals surface area contributed by atoms with Crippen LogP contribution >= 0.6 is 0 Å². The quantitative estimate of drug-likeness (QED) is 0.701. The van der Waals surface area contributed by atoms with Crippen LogP contribution in [-0.4, -0.2) is 22.6 Å². The average Bonchev–Trinajstić information content (AvgIpc) is 2.04. The molecule has 0 spiro atoms. The molecule has 72 valence electrons. The van der Waals surface area contributed by atoms with Crippen molar-refractivity contribution in [1.29, 1.82) is 4.78 Å². The Balaban J connectivity index is 3.17. The molecule has 0 saturated carbocycles. The van der Waals surface area contributed by atoms with Gasteiger partial charge in [0.1, 0.15) is 9.92 Å². The highest BCUT2D eigenvalue weighted by atomic mass is 32.2. The van der Waals surface area contributed by atoms with Gasteiger partial charge < -0.3 is 5.73 Å². The Kier molecular flexibility index (Phi) is 2.58. The number of nitrogen functional groups attached to an aromatic ring is 1. The standard InChI is InChI=1S/C8H13N3OS/c1-11(2)13(10,12)8-5-3-7(9)4-6-8/h3-6,10H,9H2,1-2H3. The van der Waals surface area contributed by atoms with Gasteiger partial charge in [0.05, 0.1) is 4.90 Å². The molecule has 0 radical (unpaired) electrons. The van der Waals surface area contributed by atoms with Crippen LogP contribution in [-0.2, 0) is 9.92 Å². The van der Waals surface area contributed by atoms with E-state index in [1.54, 1.807) is 38.4 Å². The van der Waals surface area contributed by atoms with Crippen molar-refractivity contribution in [2.45, 2.75) is 4.90 Å². The number of nitrogens with zero attached hydrogens (tertiary/aromatic N) is 1. The Morgan fingerprint density at radius 1 is 1.31 bits per heavy atom. The first-order valence-electron chi connectivity index (χ1n) is 3.76. The fourth-order valence-corrected chi connectivity index (χ4v) is 1.79. The first-order chi connectivity index (χ1) is 5.94. The summed E-state index contributed by atoms with van der Waals surface area (Å²) in [5.41, 5.74) is 6.09. The van der Waals surface area contributed by atoms with E-state index in [0.717, 1.165) is 0 Å². The molecule has 1 aromatic rings. The predicted octanol–water partition coefficient (Wildman–Crippen LogP) is 1.15. The molecule has 0 bridgehead atoms. The van der Waals surface area contributed by atoms with E-state index in [1.807, 2.05) is 0 Å². The third-order valence-electron chi connectivity index (χ3n) is 1.71. The molecule has 1 atom stereocenters. The number of benzene rings is 1. The van der Waals surface area contributed by atoms with Crippen molar-refractivity contribution in [2.24, 2.45) is 0 Å². The van der Waals surface area contributed by atoms with Gasteiger partial charge in [0.15, 0.2) is 0 Å². The largest absolute Gasteiger partial charge is 0.399 e. The number of nitrogens with two attached hydrogens (primary N) is 1.